The molecule has 8 heteroatoms. The molecule has 33 heavy (non-hydrogen) atoms. The fourth-order valence-electron chi connectivity index (χ4n) is 4.13. The Kier molecular flexibility index (Phi) is 5.76. The van der Waals surface area contributed by atoms with Crippen molar-refractivity contribution in [2.24, 2.45) is 0 Å². The summed E-state index contributed by atoms with van der Waals surface area (Å²) in [5.74, 6) is 2.76. The maximum Gasteiger partial charge on any atom is 0.253 e. The van der Waals surface area contributed by atoms with Gasteiger partial charge in [0.1, 0.15) is 11.5 Å². The third-order valence-electron chi connectivity index (χ3n) is 5.93. The van der Waals surface area contributed by atoms with Gasteiger partial charge in [0, 0.05) is 30.4 Å². The molecular formula is C25H24N4O3S. The van der Waals surface area contributed by atoms with Crippen LogP contribution in [0.2, 0.25) is 0 Å². The van der Waals surface area contributed by atoms with Crippen molar-refractivity contribution in [3.63, 3.8) is 0 Å². The van der Waals surface area contributed by atoms with E-state index in [4.69, 9.17) is 14.5 Å². The topological polar surface area (TPSA) is 78.6 Å². The molecule has 0 amide bonds. The monoisotopic (exact) mass is 460 g/mol. The van der Waals surface area contributed by atoms with E-state index in [2.05, 4.69) is 41.3 Å². The fraction of sp³-hybridized carbons (Fsp3) is 0.280. The molecule has 2 heterocycles. The molecule has 1 aliphatic rings. The molecule has 0 saturated carbocycles. The van der Waals surface area contributed by atoms with Crippen molar-refractivity contribution >= 4 is 23.3 Å². The molecule has 4 aromatic rings. The van der Waals surface area contributed by atoms with Crippen LogP contribution >= 0.6 is 11.8 Å². The predicted octanol–water partition coefficient (Wildman–Crippen LogP) is 4.65. The molecule has 2 aromatic carbocycles. The second-order valence-electron chi connectivity index (χ2n) is 8.15. The summed E-state index contributed by atoms with van der Waals surface area (Å²) in [7, 11) is 3.25. The van der Waals surface area contributed by atoms with Gasteiger partial charge in [0.2, 0.25) is 5.16 Å². The Labute approximate surface area is 196 Å². The van der Waals surface area contributed by atoms with E-state index in [1.165, 1.54) is 11.1 Å². The Bertz CT molecular complexity index is 1330. The minimum Gasteiger partial charge on any atom is -0.497 e. The summed E-state index contributed by atoms with van der Waals surface area (Å²) in [6.45, 7) is 2.07. The van der Waals surface area contributed by atoms with Crippen LogP contribution in [0, 0.1) is 6.92 Å². The van der Waals surface area contributed by atoms with Crippen molar-refractivity contribution < 1.29 is 14.3 Å². The summed E-state index contributed by atoms with van der Waals surface area (Å²) in [6.07, 6.45) is 2.80. The van der Waals surface area contributed by atoms with Gasteiger partial charge in [-0.05, 0) is 30.5 Å². The number of ether oxygens (including phenoxy) is 2. The van der Waals surface area contributed by atoms with E-state index < -0.39 is 0 Å². The van der Waals surface area contributed by atoms with Gasteiger partial charge in [0.25, 0.3) is 5.78 Å². The Balaban J connectivity index is 1.40. The molecular weight excluding hydrogens is 436 g/mol. The van der Waals surface area contributed by atoms with Crippen molar-refractivity contribution in [1.82, 2.24) is 19.6 Å². The van der Waals surface area contributed by atoms with Crippen LogP contribution in [0.3, 0.4) is 0 Å². The second kappa shape index (κ2) is 8.86. The Morgan fingerprint density at radius 3 is 2.64 bits per heavy atom. The number of carbonyl (C=O) groups is 1. The number of ketones is 1. The molecule has 0 fully saturated rings. The highest BCUT2D eigenvalue weighted by Gasteiger charge is 2.30. The van der Waals surface area contributed by atoms with Crippen LogP contribution in [0.5, 0.6) is 11.5 Å². The van der Waals surface area contributed by atoms with E-state index in [1.54, 1.807) is 36.7 Å². The van der Waals surface area contributed by atoms with E-state index in [-0.39, 0.29) is 11.7 Å². The molecule has 168 valence electrons. The van der Waals surface area contributed by atoms with Crippen LogP contribution in [0.1, 0.15) is 45.1 Å². The number of nitrogens with zero attached hydrogens (tertiary/aromatic N) is 4. The maximum absolute atomic E-state index is 13.0. The number of aromatic nitrogens is 4. The number of methoxy groups -OCH3 is 2. The Morgan fingerprint density at radius 1 is 1.06 bits per heavy atom. The summed E-state index contributed by atoms with van der Waals surface area (Å²) in [4.78, 5) is 22.3. The molecule has 1 aliphatic carbocycles. The maximum atomic E-state index is 13.0. The van der Waals surface area contributed by atoms with Gasteiger partial charge in [-0.15, -0.1) is 5.10 Å². The average molecular weight is 461 g/mol. The first-order chi connectivity index (χ1) is 16.0. The summed E-state index contributed by atoms with van der Waals surface area (Å²) >= 11 is 1.56. The number of carbonyl (C=O) groups excluding carboxylic acids is 1. The molecule has 0 radical (unpaired) electrons. The van der Waals surface area contributed by atoms with Gasteiger partial charge in [0.05, 0.1) is 25.5 Å². The lowest BCUT2D eigenvalue weighted by Gasteiger charge is -2.24. The van der Waals surface area contributed by atoms with Crippen LogP contribution in [0.25, 0.3) is 5.78 Å². The van der Waals surface area contributed by atoms with Crippen molar-refractivity contribution in [3.05, 3.63) is 76.6 Å². The number of hydrogen-bond donors (Lipinski definition) is 0. The zero-order chi connectivity index (χ0) is 22.9. The van der Waals surface area contributed by atoms with Crippen molar-refractivity contribution in [1.29, 1.82) is 0 Å². The Morgan fingerprint density at radius 2 is 1.88 bits per heavy atom. The van der Waals surface area contributed by atoms with Crippen molar-refractivity contribution in [2.75, 3.05) is 14.2 Å². The summed E-state index contributed by atoms with van der Waals surface area (Å²) < 4.78 is 12.5. The normalized spacial score (nSPS) is 15.5. The molecule has 5 rings (SSSR count). The molecule has 0 bridgehead atoms. The fourth-order valence-corrected chi connectivity index (χ4v) is 4.91. The molecule has 2 aromatic heterocycles. The van der Waals surface area contributed by atoms with Crippen LogP contribution in [0.15, 0.2) is 53.8 Å². The van der Waals surface area contributed by atoms with Gasteiger partial charge in [-0.3, -0.25) is 4.79 Å². The number of benzene rings is 2. The molecule has 0 spiro atoms. The quantitative estimate of drug-likeness (QED) is 0.387. The van der Waals surface area contributed by atoms with Gasteiger partial charge in [-0.25, -0.2) is 9.50 Å². The Hall–Kier alpha value is -3.39. The largest absolute Gasteiger partial charge is 0.497 e. The van der Waals surface area contributed by atoms with Crippen LogP contribution in [-0.2, 0) is 12.2 Å². The minimum atomic E-state index is -0.0147. The van der Waals surface area contributed by atoms with E-state index in [0.29, 0.717) is 35.1 Å². The first-order valence-corrected chi connectivity index (χ1v) is 11.7. The van der Waals surface area contributed by atoms with Crippen molar-refractivity contribution in [3.8, 4) is 11.5 Å². The molecule has 7 nitrogen and oxygen atoms in total. The summed E-state index contributed by atoms with van der Waals surface area (Å²) in [5.41, 5.74) is 4.80. The third-order valence-corrected chi connectivity index (χ3v) is 6.84. The molecule has 0 unspecified atom stereocenters. The lowest BCUT2D eigenvalue weighted by Crippen LogP contribution is -2.21. The first kappa shape index (κ1) is 21.5. The van der Waals surface area contributed by atoms with Gasteiger partial charge in [-0.1, -0.05) is 47.7 Å². The summed E-state index contributed by atoms with van der Waals surface area (Å²) in [5, 5.41) is 5.18. The zero-order valence-electron chi connectivity index (χ0n) is 18.7. The lowest BCUT2D eigenvalue weighted by atomic mass is 9.82. The summed E-state index contributed by atoms with van der Waals surface area (Å²) in [6, 6.07) is 14.1. The number of hydrogen-bond acceptors (Lipinski definition) is 7. The predicted molar refractivity (Wildman–Crippen MR) is 126 cm³/mol. The van der Waals surface area contributed by atoms with Crippen LogP contribution in [-0.4, -0.2) is 39.6 Å². The average Bonchev–Trinajstić information content (AvgIpc) is 3.23. The van der Waals surface area contributed by atoms with Gasteiger partial charge >= 0.3 is 0 Å². The number of thioether (sulfide) groups is 1. The second-order valence-corrected chi connectivity index (χ2v) is 9.09. The van der Waals surface area contributed by atoms with Crippen molar-refractivity contribution in [2.45, 2.75) is 36.6 Å². The SMILES string of the molecule is COc1ccc([C@H]2CC(=O)c3cn4nc(SCc5ccc(C)cc5)nc4nc3C2)c(OC)c1. The zero-order valence-corrected chi connectivity index (χ0v) is 19.6. The molecule has 0 saturated heterocycles. The van der Waals surface area contributed by atoms with E-state index in [1.807, 2.05) is 18.2 Å². The number of Topliss-reactive ketones (excluding diaryl/α,β-unsaturated/α-hetero) is 1. The van der Waals surface area contributed by atoms with Crippen LogP contribution in [0.4, 0.5) is 0 Å². The lowest BCUT2D eigenvalue weighted by molar-refractivity contribution is 0.0962. The highest BCUT2D eigenvalue weighted by molar-refractivity contribution is 7.98. The van der Waals surface area contributed by atoms with Gasteiger partial charge < -0.3 is 9.47 Å². The molecule has 0 N–H and O–H groups in total. The molecule has 1 atom stereocenters. The minimum absolute atomic E-state index is 0.0147. The van der Waals surface area contributed by atoms with Crippen LogP contribution < -0.4 is 9.47 Å². The van der Waals surface area contributed by atoms with Gasteiger partial charge in [-0.2, -0.15) is 4.98 Å². The first-order valence-electron chi connectivity index (χ1n) is 10.7. The van der Waals surface area contributed by atoms with E-state index in [9.17, 15) is 4.79 Å². The number of fused-ring (bicyclic) bond motifs is 2. The van der Waals surface area contributed by atoms with Gasteiger partial charge in [0.15, 0.2) is 5.78 Å². The standard InChI is InChI=1S/C25H24N4O3S/c1-15-4-6-16(7-5-15)14-33-25-27-24-26-21-10-17(11-22(30)20(21)13-29(24)28-25)19-9-8-18(31-2)12-23(19)32-3/h4-9,12-13,17H,10-11,14H2,1-3H3/t17-/m1/s1. The number of rotatable bonds is 6. The highest BCUT2D eigenvalue weighted by Crippen LogP contribution is 2.38. The van der Waals surface area contributed by atoms with E-state index >= 15 is 0 Å². The van der Waals surface area contributed by atoms with E-state index in [0.717, 1.165) is 22.8 Å². The molecule has 0 aliphatic heterocycles. The number of aryl methyl sites for hydroxylation is 1. The third kappa shape index (κ3) is 4.30. The smallest absolute Gasteiger partial charge is 0.253 e. The highest BCUT2D eigenvalue weighted by atomic mass is 32.2.